The maximum absolute atomic E-state index is 12.5. The van der Waals surface area contributed by atoms with Crippen LogP contribution < -0.4 is 4.90 Å². The Hall–Kier alpha value is -2.60. The summed E-state index contributed by atoms with van der Waals surface area (Å²) in [7, 11) is 0. The summed E-state index contributed by atoms with van der Waals surface area (Å²) < 4.78 is 0. The van der Waals surface area contributed by atoms with Gasteiger partial charge in [0.15, 0.2) is 0 Å². The molecule has 1 unspecified atom stereocenters. The molecule has 1 heterocycles. The summed E-state index contributed by atoms with van der Waals surface area (Å²) in [6.07, 6.45) is 2.73. The molecule has 0 aliphatic carbocycles. The summed E-state index contributed by atoms with van der Waals surface area (Å²) in [5.41, 5.74) is 3.94. The number of hydrogen-bond donors (Lipinski definition) is 0. The molecule has 1 aliphatic heterocycles. The molecule has 0 aromatic heterocycles. The molecule has 1 aliphatic rings. The average molecular weight is 304 g/mol. The smallest absolute Gasteiger partial charge is 0.258 e. The molecule has 0 N–H and O–H groups in total. The number of nitriles is 1. The number of anilines is 1. The first-order chi connectivity index (χ1) is 11.2. The molecule has 0 bridgehead atoms. The van der Waals surface area contributed by atoms with E-state index in [9.17, 15) is 10.1 Å². The van der Waals surface area contributed by atoms with Gasteiger partial charge in [-0.3, -0.25) is 4.79 Å². The molecule has 3 rings (SSSR count). The third-order valence-electron chi connectivity index (χ3n) is 4.37. The summed E-state index contributed by atoms with van der Waals surface area (Å²) in [4.78, 5) is 14.3. The highest BCUT2D eigenvalue weighted by Crippen LogP contribution is 2.28. The molecule has 116 valence electrons. The van der Waals surface area contributed by atoms with Gasteiger partial charge in [-0.2, -0.15) is 5.26 Å². The Morgan fingerprint density at radius 2 is 1.91 bits per heavy atom. The second kappa shape index (κ2) is 6.66. The fraction of sp³-hybridized carbons (Fsp3) is 0.300. The van der Waals surface area contributed by atoms with E-state index in [2.05, 4.69) is 13.0 Å². The van der Waals surface area contributed by atoms with E-state index in [1.54, 1.807) is 0 Å². The molecular formula is C20H20N2O. The van der Waals surface area contributed by atoms with Crippen molar-refractivity contribution in [2.75, 3.05) is 4.90 Å². The minimum absolute atomic E-state index is 0.0641. The van der Waals surface area contributed by atoms with Gasteiger partial charge in [-0.25, -0.2) is 0 Å². The van der Waals surface area contributed by atoms with Gasteiger partial charge >= 0.3 is 0 Å². The van der Waals surface area contributed by atoms with Gasteiger partial charge in [-0.15, -0.1) is 0 Å². The summed E-state index contributed by atoms with van der Waals surface area (Å²) in [6, 6.07) is 18.2. The Morgan fingerprint density at radius 3 is 2.57 bits per heavy atom. The molecule has 0 saturated carbocycles. The Morgan fingerprint density at radius 1 is 1.17 bits per heavy atom. The highest BCUT2D eigenvalue weighted by Gasteiger charge is 2.27. The Labute approximate surface area is 137 Å². The number of amides is 1. The average Bonchev–Trinajstić information content (AvgIpc) is 2.92. The number of benzene rings is 2. The first-order valence-electron chi connectivity index (χ1n) is 8.11. The summed E-state index contributed by atoms with van der Waals surface area (Å²) in [6.45, 7) is 2.73. The lowest BCUT2D eigenvalue weighted by Gasteiger charge is -2.16. The zero-order valence-electron chi connectivity index (χ0n) is 13.3. The van der Waals surface area contributed by atoms with Gasteiger partial charge in [0.05, 0.1) is 18.5 Å². The van der Waals surface area contributed by atoms with Crippen LogP contribution in [0.4, 0.5) is 5.69 Å². The first-order valence-corrected chi connectivity index (χ1v) is 8.11. The summed E-state index contributed by atoms with van der Waals surface area (Å²) >= 11 is 0. The lowest BCUT2D eigenvalue weighted by molar-refractivity contribution is 0.0996. The van der Waals surface area contributed by atoms with Crippen molar-refractivity contribution in [3.8, 4) is 6.07 Å². The molecule has 0 fully saturated rings. The third kappa shape index (κ3) is 3.12. The van der Waals surface area contributed by atoms with E-state index in [-0.39, 0.29) is 11.8 Å². The number of hydrogen-bond acceptors (Lipinski definition) is 2. The van der Waals surface area contributed by atoms with Gasteiger partial charge < -0.3 is 4.90 Å². The predicted molar refractivity (Wildman–Crippen MR) is 91.1 cm³/mol. The molecule has 3 nitrogen and oxygen atoms in total. The quantitative estimate of drug-likeness (QED) is 0.825. The molecule has 2 aromatic carbocycles. The predicted octanol–water partition coefficient (Wildman–Crippen LogP) is 4.33. The van der Waals surface area contributed by atoms with Crippen LogP contribution >= 0.6 is 0 Å². The van der Waals surface area contributed by atoms with Gasteiger partial charge in [0.25, 0.3) is 5.91 Å². The Balaban J connectivity index is 1.74. The number of fused-ring (bicyclic) bond motifs is 1. The molecule has 2 aromatic rings. The maximum Gasteiger partial charge on any atom is 0.258 e. The van der Waals surface area contributed by atoms with Crippen molar-refractivity contribution in [3.63, 3.8) is 0 Å². The van der Waals surface area contributed by atoms with Crippen LogP contribution in [0.2, 0.25) is 0 Å². The van der Waals surface area contributed by atoms with E-state index >= 15 is 0 Å². The van der Waals surface area contributed by atoms with Crippen molar-refractivity contribution < 1.29 is 4.79 Å². The van der Waals surface area contributed by atoms with Crippen molar-refractivity contribution in [3.05, 3.63) is 65.2 Å². The molecule has 23 heavy (non-hydrogen) atoms. The van der Waals surface area contributed by atoms with Crippen LogP contribution in [-0.4, -0.2) is 5.91 Å². The van der Waals surface area contributed by atoms with Crippen LogP contribution in [0.5, 0.6) is 0 Å². The zero-order chi connectivity index (χ0) is 16.2. The van der Waals surface area contributed by atoms with Gasteiger partial charge in [0, 0.05) is 11.3 Å². The van der Waals surface area contributed by atoms with Gasteiger partial charge in [0.2, 0.25) is 0 Å². The number of carbonyl (C=O) groups excluding carboxylic acids is 1. The van der Waals surface area contributed by atoms with Crippen LogP contribution in [0.1, 0.15) is 41.3 Å². The number of nitrogens with zero attached hydrogens (tertiary/aromatic N) is 2. The normalized spacial score (nSPS) is 14.4. The summed E-state index contributed by atoms with van der Waals surface area (Å²) in [5.74, 6) is 0.137. The van der Waals surface area contributed by atoms with Gasteiger partial charge in [-0.05, 0) is 42.2 Å². The molecule has 0 radical (unpaired) electrons. The van der Waals surface area contributed by atoms with Crippen LogP contribution in [0.3, 0.4) is 0 Å². The fourth-order valence-corrected chi connectivity index (χ4v) is 3.12. The molecular weight excluding hydrogens is 284 g/mol. The number of carbonyl (C=O) groups is 1. The van der Waals surface area contributed by atoms with Gasteiger partial charge in [0.1, 0.15) is 0 Å². The van der Waals surface area contributed by atoms with E-state index in [0.29, 0.717) is 6.54 Å². The zero-order valence-corrected chi connectivity index (χ0v) is 13.3. The van der Waals surface area contributed by atoms with Crippen molar-refractivity contribution in [1.82, 2.24) is 0 Å². The van der Waals surface area contributed by atoms with Crippen molar-refractivity contribution in [1.29, 1.82) is 5.26 Å². The standard InChI is InChI=1S/C20H20N2O/c1-2-5-16(13-21)12-15-8-10-18(11-9-15)22-14-17-6-3-4-7-19(17)20(22)23/h3-4,6-11,16H,2,5,12,14H2,1H3. The van der Waals surface area contributed by atoms with E-state index in [1.807, 2.05) is 53.4 Å². The van der Waals surface area contributed by atoms with Gasteiger partial charge in [-0.1, -0.05) is 43.7 Å². The Kier molecular flexibility index (Phi) is 4.43. The van der Waals surface area contributed by atoms with E-state index in [1.165, 1.54) is 0 Å². The van der Waals surface area contributed by atoms with E-state index in [0.717, 1.165) is 41.6 Å². The fourth-order valence-electron chi connectivity index (χ4n) is 3.12. The van der Waals surface area contributed by atoms with Crippen LogP contribution in [-0.2, 0) is 13.0 Å². The van der Waals surface area contributed by atoms with Crippen molar-refractivity contribution in [2.24, 2.45) is 5.92 Å². The van der Waals surface area contributed by atoms with Crippen LogP contribution in [0, 0.1) is 17.2 Å². The lowest BCUT2D eigenvalue weighted by Crippen LogP contribution is -2.22. The molecule has 3 heteroatoms. The third-order valence-corrected chi connectivity index (χ3v) is 4.37. The highest BCUT2D eigenvalue weighted by atomic mass is 16.2. The maximum atomic E-state index is 12.5. The molecule has 1 amide bonds. The Bertz CT molecular complexity index is 743. The second-order valence-electron chi connectivity index (χ2n) is 6.03. The number of rotatable bonds is 5. The van der Waals surface area contributed by atoms with Crippen molar-refractivity contribution >= 4 is 11.6 Å². The second-order valence-corrected chi connectivity index (χ2v) is 6.03. The van der Waals surface area contributed by atoms with E-state index in [4.69, 9.17) is 0 Å². The first kappa shape index (κ1) is 15.3. The minimum Gasteiger partial charge on any atom is -0.304 e. The highest BCUT2D eigenvalue weighted by molar-refractivity contribution is 6.09. The minimum atomic E-state index is 0.0641. The van der Waals surface area contributed by atoms with E-state index < -0.39 is 0 Å². The van der Waals surface area contributed by atoms with Crippen LogP contribution in [0.15, 0.2) is 48.5 Å². The lowest BCUT2D eigenvalue weighted by atomic mass is 9.96. The topological polar surface area (TPSA) is 44.1 Å². The molecule has 0 spiro atoms. The van der Waals surface area contributed by atoms with Crippen molar-refractivity contribution in [2.45, 2.75) is 32.7 Å². The monoisotopic (exact) mass is 304 g/mol. The summed E-state index contributed by atoms with van der Waals surface area (Å²) in [5, 5.41) is 9.18. The van der Waals surface area contributed by atoms with Crippen LogP contribution in [0.25, 0.3) is 0 Å². The molecule has 0 saturated heterocycles. The SMILES string of the molecule is CCCC(C#N)Cc1ccc(N2Cc3ccccc3C2=O)cc1. The molecule has 1 atom stereocenters. The largest absolute Gasteiger partial charge is 0.304 e.